The monoisotopic (exact) mass is 598 g/mol. The molecule has 214 valence electrons. The number of fused-ring (bicyclic) bond motifs is 5. The average molecular weight is 598 g/mol. The average Bonchev–Trinajstić information content (AvgIpc) is 3.71. The van der Waals surface area contributed by atoms with Gasteiger partial charge in [-0.2, -0.15) is 26.3 Å². The summed E-state index contributed by atoms with van der Waals surface area (Å²) in [5, 5.41) is -0.668. The van der Waals surface area contributed by atoms with Gasteiger partial charge in [0.2, 0.25) is 5.82 Å². The van der Waals surface area contributed by atoms with Crippen molar-refractivity contribution >= 4 is 34.0 Å². The van der Waals surface area contributed by atoms with Gasteiger partial charge in [-0.3, -0.25) is 0 Å². The molecule has 0 spiro atoms. The fourth-order valence-electron chi connectivity index (χ4n) is 4.69. The molecule has 1 aromatic carbocycles. The van der Waals surface area contributed by atoms with Crippen molar-refractivity contribution in [3.05, 3.63) is 111 Å². The second kappa shape index (κ2) is 9.09. The van der Waals surface area contributed by atoms with Gasteiger partial charge in [0.1, 0.15) is 11.1 Å². The fraction of sp³-hybridized carbons (Fsp3) is 0.0741. The Morgan fingerprint density at radius 3 is 1.55 bits per heavy atom. The summed E-state index contributed by atoms with van der Waals surface area (Å²) in [6.45, 7) is 0. The van der Waals surface area contributed by atoms with Crippen molar-refractivity contribution < 1.29 is 48.3 Å². The van der Waals surface area contributed by atoms with Gasteiger partial charge in [-0.05, 0) is 48.6 Å². The number of aromatic nitrogens is 1. The summed E-state index contributed by atoms with van der Waals surface area (Å²) in [6.07, 6.45) is -5.08. The number of nitrogens with zero attached hydrogens (tertiary/aromatic N) is 3. The van der Waals surface area contributed by atoms with E-state index in [-0.39, 0.29) is 11.0 Å². The van der Waals surface area contributed by atoms with E-state index in [1.165, 1.54) is 0 Å². The smallest absolute Gasteiger partial charge is 0.353 e. The van der Waals surface area contributed by atoms with Crippen LogP contribution in [0.5, 0.6) is 0 Å². The maximum Gasteiger partial charge on any atom is 0.420 e. The predicted molar refractivity (Wildman–Crippen MR) is 129 cm³/mol. The molecule has 2 aromatic rings. The van der Waals surface area contributed by atoms with E-state index in [0.717, 1.165) is 48.6 Å². The first-order chi connectivity index (χ1) is 19.7. The van der Waals surface area contributed by atoms with Gasteiger partial charge in [0.25, 0.3) is 0 Å². The summed E-state index contributed by atoms with van der Waals surface area (Å²) in [4.78, 5) is 13.8. The summed E-state index contributed by atoms with van der Waals surface area (Å²) in [5.74, 6) is -12.1. The van der Waals surface area contributed by atoms with E-state index in [4.69, 9.17) is 0 Å². The molecule has 0 saturated heterocycles. The Labute approximate surface area is 226 Å². The molecule has 8 bridgehead atoms. The lowest BCUT2D eigenvalue weighted by Crippen LogP contribution is -2.27. The third kappa shape index (κ3) is 4.18. The molecule has 4 aliphatic rings. The molecule has 0 amide bonds. The molecule has 6 rings (SSSR count). The lowest BCUT2D eigenvalue weighted by molar-refractivity contribution is -0.0865. The third-order valence-corrected chi connectivity index (χ3v) is 6.46. The highest BCUT2D eigenvalue weighted by Crippen LogP contribution is 2.39. The van der Waals surface area contributed by atoms with Crippen molar-refractivity contribution in [1.29, 1.82) is 0 Å². The first kappa shape index (κ1) is 27.4. The van der Waals surface area contributed by atoms with Crippen LogP contribution in [0, 0.1) is 29.1 Å². The number of hydrogen-bond donors (Lipinski definition) is 1. The van der Waals surface area contributed by atoms with E-state index < -0.39 is 97.6 Å². The van der Waals surface area contributed by atoms with Crippen LogP contribution in [-0.2, 0) is 0 Å². The maximum atomic E-state index is 15.0. The number of hydrogen-bond acceptors (Lipinski definition) is 3. The molecule has 1 aromatic heterocycles. The van der Waals surface area contributed by atoms with Gasteiger partial charge in [-0.25, -0.2) is 36.9 Å². The minimum atomic E-state index is -5.13. The van der Waals surface area contributed by atoms with Crippen LogP contribution >= 0.6 is 0 Å². The van der Waals surface area contributed by atoms with Crippen molar-refractivity contribution in [2.45, 2.75) is 12.4 Å². The lowest BCUT2D eigenvalue weighted by atomic mass is 9.97. The number of rotatable bonds is 1. The number of nitrogens with one attached hydrogen (secondary N) is 1. The van der Waals surface area contributed by atoms with Gasteiger partial charge in [-0.1, -0.05) is 0 Å². The highest BCUT2D eigenvalue weighted by Gasteiger charge is 2.42. The van der Waals surface area contributed by atoms with Gasteiger partial charge in [0.15, 0.2) is 23.3 Å². The summed E-state index contributed by atoms with van der Waals surface area (Å²) in [7, 11) is 0. The molecule has 0 aliphatic carbocycles. The van der Waals surface area contributed by atoms with Gasteiger partial charge in [0.05, 0.1) is 50.5 Å². The molecule has 0 unspecified atom stereocenters. The quantitative estimate of drug-likeness (QED) is 0.245. The van der Waals surface area contributed by atoms with E-state index in [0.29, 0.717) is 0 Å². The summed E-state index contributed by atoms with van der Waals surface area (Å²) in [6, 6.07) is 2.11. The van der Waals surface area contributed by atoms with Crippen LogP contribution in [0.1, 0.15) is 5.56 Å². The van der Waals surface area contributed by atoms with Gasteiger partial charge in [0, 0.05) is 5.57 Å². The number of aromatic amines is 1. The summed E-state index contributed by atoms with van der Waals surface area (Å²) < 4.78 is 158. The number of aliphatic imine (C=N–C) groups is 3. The van der Waals surface area contributed by atoms with Gasteiger partial charge >= 0.3 is 12.4 Å². The zero-order chi connectivity index (χ0) is 30.3. The molecular weight excluding hydrogens is 589 g/mol. The Morgan fingerprint density at radius 1 is 0.476 bits per heavy atom. The maximum absolute atomic E-state index is 15.0. The van der Waals surface area contributed by atoms with Crippen LogP contribution in [0.25, 0.3) is 16.8 Å². The molecule has 0 radical (unpaired) electrons. The number of H-pyrrole nitrogens is 1. The number of allylic oxidation sites excluding steroid dienone is 7. The van der Waals surface area contributed by atoms with Crippen molar-refractivity contribution in [2.24, 2.45) is 15.0 Å². The molecule has 0 fully saturated rings. The van der Waals surface area contributed by atoms with Crippen LogP contribution in [0.4, 0.5) is 48.3 Å². The first-order valence-corrected chi connectivity index (χ1v) is 11.6. The normalized spacial score (nSPS) is 18.2. The van der Waals surface area contributed by atoms with E-state index in [2.05, 4.69) is 20.0 Å². The van der Waals surface area contributed by atoms with Crippen LogP contribution < -0.4 is 10.7 Å². The van der Waals surface area contributed by atoms with Crippen molar-refractivity contribution in [2.75, 3.05) is 0 Å². The SMILES string of the molecule is Fc1c(F)c(F)c(C2=C3C=CC(=N3)C(C(F)(F)F)=c3ccc([nH]3)=C3C=CC(=N3)C(C(F)(F)F)=C3C=CC2=N3)c(F)c1F. The van der Waals surface area contributed by atoms with Crippen molar-refractivity contribution in [3.8, 4) is 0 Å². The largest absolute Gasteiger partial charge is 0.420 e. The Balaban J connectivity index is 1.79. The third-order valence-electron chi connectivity index (χ3n) is 6.46. The molecule has 42 heavy (non-hydrogen) atoms. The Kier molecular flexibility index (Phi) is 5.92. The van der Waals surface area contributed by atoms with Gasteiger partial charge in [-0.15, -0.1) is 0 Å². The zero-order valence-electron chi connectivity index (χ0n) is 20.1. The van der Waals surface area contributed by atoms with Crippen LogP contribution in [0.3, 0.4) is 0 Å². The molecule has 4 nitrogen and oxygen atoms in total. The molecule has 0 saturated carbocycles. The standard InChI is InChI=1S/C27H9F11N4/c28-21-18(22(29)24(31)25(32)23(21)30)17-11-3-7-15(41-11)19(26(33,34)35)13-5-1-9(39-13)10-2-6-14(40-10)20(27(36,37)38)16-8-4-12(17)42-16/h1-8,39H. The molecular formula is C27H9F11N4. The molecule has 4 aliphatic heterocycles. The lowest BCUT2D eigenvalue weighted by Gasteiger charge is -2.14. The molecule has 5 heterocycles. The van der Waals surface area contributed by atoms with Gasteiger partial charge < -0.3 is 4.98 Å². The molecule has 15 heteroatoms. The second-order valence-electron chi connectivity index (χ2n) is 9.00. The van der Waals surface area contributed by atoms with E-state index in [1.807, 2.05) is 0 Å². The van der Waals surface area contributed by atoms with Crippen molar-refractivity contribution in [3.63, 3.8) is 0 Å². The second-order valence-corrected chi connectivity index (χ2v) is 9.00. The van der Waals surface area contributed by atoms with Crippen molar-refractivity contribution in [1.82, 2.24) is 4.98 Å². The minimum absolute atomic E-state index is 0.0778. The Hall–Kier alpha value is -4.82. The number of halogens is 11. The molecule has 0 atom stereocenters. The van der Waals surface area contributed by atoms with E-state index >= 15 is 8.78 Å². The Bertz CT molecular complexity index is 1960. The highest BCUT2D eigenvalue weighted by atomic mass is 19.4. The van der Waals surface area contributed by atoms with E-state index in [9.17, 15) is 39.5 Å². The summed E-state index contributed by atoms with van der Waals surface area (Å²) >= 11 is 0. The number of alkyl halides is 6. The van der Waals surface area contributed by atoms with E-state index in [1.54, 1.807) is 0 Å². The predicted octanol–water partition coefficient (Wildman–Crippen LogP) is 5.81. The first-order valence-electron chi connectivity index (χ1n) is 11.6. The van der Waals surface area contributed by atoms with Crippen LogP contribution in [0.2, 0.25) is 0 Å². The summed E-state index contributed by atoms with van der Waals surface area (Å²) in [5.41, 5.74) is -9.56. The zero-order valence-corrected chi connectivity index (χ0v) is 20.1. The van der Waals surface area contributed by atoms with Crippen LogP contribution in [-0.4, -0.2) is 34.5 Å². The fourth-order valence-corrected chi connectivity index (χ4v) is 4.69. The highest BCUT2D eigenvalue weighted by molar-refractivity contribution is 6.34. The molecule has 1 N–H and O–H groups in total. The van der Waals surface area contributed by atoms with Crippen LogP contribution in [0.15, 0.2) is 80.5 Å². The Morgan fingerprint density at radius 2 is 0.929 bits per heavy atom. The minimum Gasteiger partial charge on any atom is -0.353 e. The number of benzene rings is 1. The topological polar surface area (TPSA) is 52.9 Å².